The fourth-order valence-corrected chi connectivity index (χ4v) is 4.16. The minimum absolute atomic E-state index is 0.0633. The highest BCUT2D eigenvalue weighted by Gasteiger charge is 2.23. The molecule has 5 nitrogen and oxygen atoms in total. The Hall–Kier alpha value is -1.88. The molecule has 1 aromatic rings. The normalized spacial score (nSPS) is 22.9. The van der Waals surface area contributed by atoms with Gasteiger partial charge in [-0.05, 0) is 69.2 Å². The van der Waals surface area contributed by atoms with Crippen LogP contribution in [0.2, 0.25) is 0 Å². The molecular weight excluding hydrogens is 338 g/mol. The van der Waals surface area contributed by atoms with E-state index in [1.807, 2.05) is 29.2 Å². The topological polar surface area (TPSA) is 52.7 Å². The number of amides is 2. The average molecular weight is 372 g/mol. The molecule has 1 saturated heterocycles. The summed E-state index contributed by atoms with van der Waals surface area (Å²) in [5.74, 6) is 1.00. The van der Waals surface area contributed by atoms with Gasteiger partial charge >= 0.3 is 0 Å². The van der Waals surface area contributed by atoms with Crippen molar-refractivity contribution in [3.8, 4) is 0 Å². The van der Waals surface area contributed by atoms with E-state index >= 15 is 0 Å². The van der Waals surface area contributed by atoms with E-state index in [9.17, 15) is 9.59 Å². The standard InChI is InChI=1S/C22H33N3O2/c1-17-5-11-20(12-6-17)24(2)16-21(26)23-15-18-7-9-19(10-8-18)22(27)25-13-3-4-14-25/h7-10,17,20H,3-6,11-16H2,1-2H3,(H,23,26). The van der Waals surface area contributed by atoms with Crippen molar-refractivity contribution in [2.24, 2.45) is 5.92 Å². The summed E-state index contributed by atoms with van der Waals surface area (Å²) in [5, 5.41) is 3.01. The second kappa shape index (κ2) is 9.36. The molecule has 1 heterocycles. The van der Waals surface area contributed by atoms with Crippen LogP contribution in [-0.4, -0.2) is 54.3 Å². The van der Waals surface area contributed by atoms with Gasteiger partial charge in [0.2, 0.25) is 5.91 Å². The molecule has 148 valence electrons. The minimum Gasteiger partial charge on any atom is -0.351 e. The van der Waals surface area contributed by atoms with Crippen molar-refractivity contribution >= 4 is 11.8 Å². The van der Waals surface area contributed by atoms with Gasteiger partial charge in [-0.3, -0.25) is 14.5 Å². The van der Waals surface area contributed by atoms with Crippen LogP contribution in [-0.2, 0) is 11.3 Å². The monoisotopic (exact) mass is 371 g/mol. The van der Waals surface area contributed by atoms with Crippen LogP contribution in [0, 0.1) is 5.92 Å². The molecule has 0 bridgehead atoms. The van der Waals surface area contributed by atoms with Gasteiger partial charge in [0.25, 0.3) is 5.91 Å². The summed E-state index contributed by atoms with van der Waals surface area (Å²) in [4.78, 5) is 28.7. The molecule has 1 aliphatic carbocycles. The highest BCUT2D eigenvalue weighted by Crippen LogP contribution is 2.26. The number of benzene rings is 1. The van der Waals surface area contributed by atoms with Crippen LogP contribution in [0.1, 0.15) is 61.4 Å². The highest BCUT2D eigenvalue weighted by atomic mass is 16.2. The van der Waals surface area contributed by atoms with Crippen LogP contribution in [0.5, 0.6) is 0 Å². The zero-order valence-corrected chi connectivity index (χ0v) is 16.7. The van der Waals surface area contributed by atoms with Gasteiger partial charge in [0.15, 0.2) is 0 Å². The van der Waals surface area contributed by atoms with E-state index in [-0.39, 0.29) is 11.8 Å². The first kappa shape index (κ1) is 19.9. The van der Waals surface area contributed by atoms with Crippen LogP contribution in [0.3, 0.4) is 0 Å². The number of nitrogens with one attached hydrogen (secondary N) is 1. The number of likely N-dealkylation sites (N-methyl/N-ethyl adjacent to an activating group) is 1. The number of rotatable bonds is 6. The molecule has 0 atom stereocenters. The second-order valence-electron chi connectivity index (χ2n) is 8.30. The van der Waals surface area contributed by atoms with E-state index in [2.05, 4.69) is 24.2 Å². The SMILES string of the molecule is CC1CCC(N(C)CC(=O)NCc2ccc(C(=O)N3CCCC3)cc2)CC1. The lowest BCUT2D eigenvalue weighted by Crippen LogP contribution is -2.41. The number of carbonyl (C=O) groups excluding carboxylic acids is 2. The minimum atomic E-state index is 0.0633. The van der Waals surface area contributed by atoms with Crippen LogP contribution >= 0.6 is 0 Å². The first-order chi connectivity index (χ1) is 13.0. The molecular formula is C22H33N3O2. The summed E-state index contributed by atoms with van der Waals surface area (Å²) in [6.45, 7) is 5.00. The molecule has 0 radical (unpaired) electrons. The molecule has 0 unspecified atom stereocenters. The third kappa shape index (κ3) is 5.55. The first-order valence-corrected chi connectivity index (χ1v) is 10.4. The van der Waals surface area contributed by atoms with Gasteiger partial charge in [0.05, 0.1) is 6.54 Å². The van der Waals surface area contributed by atoms with E-state index in [1.54, 1.807) is 0 Å². The molecule has 1 aromatic carbocycles. The zero-order chi connectivity index (χ0) is 19.2. The van der Waals surface area contributed by atoms with E-state index in [0.29, 0.717) is 19.1 Å². The summed E-state index contributed by atoms with van der Waals surface area (Å²) in [7, 11) is 2.05. The van der Waals surface area contributed by atoms with Gasteiger partial charge < -0.3 is 10.2 Å². The Labute approximate surface area is 163 Å². The lowest BCUT2D eigenvalue weighted by atomic mass is 9.87. The maximum atomic E-state index is 12.4. The van der Waals surface area contributed by atoms with Crippen LogP contribution in [0.15, 0.2) is 24.3 Å². The summed E-state index contributed by atoms with van der Waals surface area (Å²) >= 11 is 0. The smallest absolute Gasteiger partial charge is 0.253 e. The second-order valence-corrected chi connectivity index (χ2v) is 8.30. The number of nitrogens with zero attached hydrogens (tertiary/aromatic N) is 2. The maximum Gasteiger partial charge on any atom is 0.253 e. The van der Waals surface area contributed by atoms with E-state index in [1.165, 1.54) is 25.7 Å². The molecule has 27 heavy (non-hydrogen) atoms. The number of carbonyl (C=O) groups is 2. The third-order valence-electron chi connectivity index (χ3n) is 6.09. The predicted molar refractivity (Wildman–Crippen MR) is 107 cm³/mol. The van der Waals surface area contributed by atoms with Crippen molar-refractivity contribution in [1.29, 1.82) is 0 Å². The van der Waals surface area contributed by atoms with Gasteiger partial charge in [-0.15, -0.1) is 0 Å². The molecule has 3 rings (SSSR count). The van der Waals surface area contributed by atoms with Crippen molar-refractivity contribution in [3.63, 3.8) is 0 Å². The van der Waals surface area contributed by atoms with Gasteiger partial charge in [-0.1, -0.05) is 19.1 Å². The summed E-state index contributed by atoms with van der Waals surface area (Å²) in [5.41, 5.74) is 1.76. The number of hydrogen-bond donors (Lipinski definition) is 1. The van der Waals surface area contributed by atoms with Crippen molar-refractivity contribution in [2.75, 3.05) is 26.7 Å². The van der Waals surface area contributed by atoms with E-state index in [0.717, 1.165) is 43.0 Å². The number of hydrogen-bond acceptors (Lipinski definition) is 3. The van der Waals surface area contributed by atoms with E-state index < -0.39 is 0 Å². The Morgan fingerprint density at radius 1 is 1.07 bits per heavy atom. The molecule has 2 aliphatic rings. The van der Waals surface area contributed by atoms with E-state index in [4.69, 9.17) is 0 Å². The van der Waals surface area contributed by atoms with Crippen molar-refractivity contribution in [1.82, 2.24) is 15.1 Å². The van der Waals surface area contributed by atoms with Crippen molar-refractivity contribution in [2.45, 2.75) is 58.0 Å². The quantitative estimate of drug-likeness (QED) is 0.836. The lowest BCUT2D eigenvalue weighted by molar-refractivity contribution is -0.122. The molecule has 1 saturated carbocycles. The van der Waals surface area contributed by atoms with Crippen molar-refractivity contribution < 1.29 is 9.59 Å². The fraction of sp³-hybridized carbons (Fsp3) is 0.636. The van der Waals surface area contributed by atoms with Gasteiger partial charge in [-0.2, -0.15) is 0 Å². The van der Waals surface area contributed by atoms with Crippen LogP contribution < -0.4 is 5.32 Å². The highest BCUT2D eigenvalue weighted by molar-refractivity contribution is 5.94. The van der Waals surface area contributed by atoms with Gasteiger partial charge in [0.1, 0.15) is 0 Å². The Morgan fingerprint density at radius 3 is 2.33 bits per heavy atom. The number of likely N-dealkylation sites (tertiary alicyclic amines) is 1. The summed E-state index contributed by atoms with van der Waals surface area (Å²) in [6, 6.07) is 8.16. The Balaban J connectivity index is 1.42. The predicted octanol–water partition coefficient (Wildman–Crippen LogP) is 3.05. The molecule has 1 aliphatic heterocycles. The third-order valence-corrected chi connectivity index (χ3v) is 6.09. The molecule has 0 aromatic heterocycles. The van der Waals surface area contributed by atoms with Gasteiger partial charge in [0, 0.05) is 31.2 Å². The lowest BCUT2D eigenvalue weighted by Gasteiger charge is -2.33. The summed E-state index contributed by atoms with van der Waals surface area (Å²) in [6.07, 6.45) is 7.11. The van der Waals surface area contributed by atoms with Crippen molar-refractivity contribution in [3.05, 3.63) is 35.4 Å². The molecule has 0 spiro atoms. The Bertz CT molecular complexity index is 629. The Kier molecular flexibility index (Phi) is 6.89. The van der Waals surface area contributed by atoms with Crippen LogP contribution in [0.4, 0.5) is 0 Å². The fourth-order valence-electron chi connectivity index (χ4n) is 4.16. The van der Waals surface area contributed by atoms with Crippen LogP contribution in [0.25, 0.3) is 0 Å². The average Bonchev–Trinajstić information content (AvgIpc) is 3.21. The zero-order valence-electron chi connectivity index (χ0n) is 16.7. The van der Waals surface area contributed by atoms with Gasteiger partial charge in [-0.25, -0.2) is 0 Å². The molecule has 1 N–H and O–H groups in total. The Morgan fingerprint density at radius 2 is 1.70 bits per heavy atom. The molecule has 5 heteroatoms. The molecule has 2 amide bonds. The largest absolute Gasteiger partial charge is 0.351 e. The maximum absolute atomic E-state index is 12.4. The first-order valence-electron chi connectivity index (χ1n) is 10.4. The summed E-state index contributed by atoms with van der Waals surface area (Å²) < 4.78 is 0. The molecule has 2 fully saturated rings.